The Labute approximate surface area is 218 Å². The molecule has 186 valence electrons. The van der Waals surface area contributed by atoms with Crippen molar-refractivity contribution in [1.29, 1.82) is 0 Å². The van der Waals surface area contributed by atoms with Gasteiger partial charge in [-0.15, -0.1) is 0 Å². The van der Waals surface area contributed by atoms with Gasteiger partial charge in [0.05, 0.1) is 45.0 Å². The molecule has 3 aromatic rings. The molecule has 1 aliphatic rings. The maximum atomic E-state index is 13.7. The molecule has 0 spiro atoms. The quantitative estimate of drug-likeness (QED) is 0.253. The third-order valence-corrected chi connectivity index (χ3v) is 7.23. The SMILES string of the molecule is CCOC(=O)C1=C(C)N=c2s/c(=C/c3cc(Br)c(OC)c([N+](=O)[O-])c3)c(=O)n2[C@@H]1c1ccc(C)cc1. The van der Waals surface area contributed by atoms with Gasteiger partial charge in [-0.2, -0.15) is 0 Å². The highest BCUT2D eigenvalue weighted by Crippen LogP contribution is 2.36. The summed E-state index contributed by atoms with van der Waals surface area (Å²) in [7, 11) is 1.35. The predicted octanol–water partition coefficient (Wildman–Crippen LogP) is 3.79. The van der Waals surface area contributed by atoms with Crippen LogP contribution in [0.5, 0.6) is 5.75 Å². The molecular weight excluding hydrogens is 550 g/mol. The van der Waals surface area contributed by atoms with E-state index in [1.54, 1.807) is 26.0 Å². The molecule has 4 rings (SSSR count). The van der Waals surface area contributed by atoms with E-state index >= 15 is 0 Å². The number of rotatable bonds is 6. The Morgan fingerprint density at radius 1 is 1.28 bits per heavy atom. The molecule has 0 bridgehead atoms. The van der Waals surface area contributed by atoms with Gasteiger partial charge in [0.1, 0.15) is 0 Å². The standard InChI is InChI=1S/C25H22BrN3O6S/c1-5-35-24(31)20-14(3)27-25-28(21(20)16-8-6-13(2)7-9-16)23(30)19(36-25)12-15-10-17(26)22(34-4)18(11-15)29(32)33/h6-12,21H,5H2,1-4H3/b19-12+/t21-/m1/s1. The Bertz CT molecular complexity index is 1590. The van der Waals surface area contributed by atoms with E-state index in [1.807, 2.05) is 31.2 Å². The number of nitrogens with zero attached hydrogens (tertiary/aromatic N) is 3. The maximum Gasteiger partial charge on any atom is 0.338 e. The average molecular weight is 572 g/mol. The van der Waals surface area contributed by atoms with Gasteiger partial charge in [-0.3, -0.25) is 19.5 Å². The largest absolute Gasteiger partial charge is 0.489 e. The van der Waals surface area contributed by atoms with Gasteiger partial charge in [-0.1, -0.05) is 41.2 Å². The van der Waals surface area contributed by atoms with E-state index in [4.69, 9.17) is 9.47 Å². The van der Waals surface area contributed by atoms with Crippen molar-refractivity contribution in [2.45, 2.75) is 26.8 Å². The zero-order valence-corrected chi connectivity index (χ0v) is 22.3. The second-order valence-electron chi connectivity index (χ2n) is 8.03. The Kier molecular flexibility index (Phi) is 7.23. The van der Waals surface area contributed by atoms with Crippen LogP contribution in [0.3, 0.4) is 0 Å². The first-order chi connectivity index (χ1) is 17.2. The van der Waals surface area contributed by atoms with Crippen LogP contribution in [-0.2, 0) is 9.53 Å². The predicted molar refractivity (Wildman–Crippen MR) is 139 cm³/mol. The highest BCUT2D eigenvalue weighted by Gasteiger charge is 2.33. The number of hydrogen-bond donors (Lipinski definition) is 0. The molecule has 0 radical (unpaired) electrons. The van der Waals surface area contributed by atoms with Crippen LogP contribution in [0.4, 0.5) is 5.69 Å². The summed E-state index contributed by atoms with van der Waals surface area (Å²) in [5, 5.41) is 11.5. The van der Waals surface area contributed by atoms with Gasteiger partial charge in [-0.05, 0) is 60.0 Å². The van der Waals surface area contributed by atoms with Gasteiger partial charge < -0.3 is 9.47 Å². The van der Waals surface area contributed by atoms with Crippen molar-refractivity contribution >= 4 is 45.0 Å². The van der Waals surface area contributed by atoms with E-state index in [2.05, 4.69) is 20.9 Å². The summed E-state index contributed by atoms with van der Waals surface area (Å²) >= 11 is 4.45. The molecule has 0 saturated heterocycles. The third kappa shape index (κ3) is 4.63. The first-order valence-corrected chi connectivity index (χ1v) is 12.5. The van der Waals surface area contributed by atoms with Gasteiger partial charge in [0.25, 0.3) is 5.56 Å². The fourth-order valence-electron chi connectivity index (χ4n) is 4.03. The van der Waals surface area contributed by atoms with Crippen LogP contribution in [0.25, 0.3) is 6.08 Å². The van der Waals surface area contributed by atoms with Crippen molar-refractivity contribution in [1.82, 2.24) is 4.57 Å². The van der Waals surface area contributed by atoms with Crippen LogP contribution in [0, 0.1) is 17.0 Å². The number of esters is 1. The van der Waals surface area contributed by atoms with E-state index in [0.29, 0.717) is 30.6 Å². The molecule has 36 heavy (non-hydrogen) atoms. The van der Waals surface area contributed by atoms with Gasteiger partial charge in [0, 0.05) is 6.07 Å². The number of thiazole rings is 1. The number of methoxy groups -OCH3 is 1. The molecule has 1 atom stereocenters. The summed E-state index contributed by atoms with van der Waals surface area (Å²) < 4.78 is 12.6. The van der Waals surface area contributed by atoms with Crippen LogP contribution in [0.1, 0.15) is 36.6 Å². The Morgan fingerprint density at radius 3 is 2.58 bits per heavy atom. The highest BCUT2D eigenvalue weighted by molar-refractivity contribution is 9.10. The molecule has 0 unspecified atom stereocenters. The minimum Gasteiger partial charge on any atom is -0.489 e. The Balaban J connectivity index is 1.95. The Hall–Kier alpha value is -3.57. The number of fused-ring (bicyclic) bond motifs is 1. The molecule has 11 heteroatoms. The highest BCUT2D eigenvalue weighted by atomic mass is 79.9. The van der Waals surface area contributed by atoms with Crippen molar-refractivity contribution < 1.29 is 19.2 Å². The number of aromatic nitrogens is 1. The zero-order chi connectivity index (χ0) is 26.1. The molecule has 0 fully saturated rings. The number of ether oxygens (including phenoxy) is 2. The van der Waals surface area contributed by atoms with Crippen LogP contribution in [0.15, 0.2) is 61.9 Å². The molecule has 0 saturated carbocycles. The number of benzene rings is 2. The van der Waals surface area contributed by atoms with Gasteiger partial charge in [0.2, 0.25) is 5.75 Å². The molecule has 0 aliphatic carbocycles. The van der Waals surface area contributed by atoms with Crippen molar-refractivity contribution in [2.24, 2.45) is 4.99 Å². The van der Waals surface area contributed by atoms with E-state index in [0.717, 1.165) is 22.5 Å². The van der Waals surface area contributed by atoms with Crippen molar-refractivity contribution in [3.05, 3.63) is 98.6 Å². The number of halogens is 1. The van der Waals surface area contributed by atoms with Crippen molar-refractivity contribution in [2.75, 3.05) is 13.7 Å². The normalized spacial score (nSPS) is 15.4. The first kappa shape index (κ1) is 25.5. The van der Waals surface area contributed by atoms with Gasteiger partial charge >= 0.3 is 11.7 Å². The monoisotopic (exact) mass is 571 g/mol. The lowest BCUT2D eigenvalue weighted by molar-refractivity contribution is -0.385. The summed E-state index contributed by atoms with van der Waals surface area (Å²) in [6.07, 6.45) is 1.57. The number of carbonyl (C=O) groups excluding carboxylic acids is 1. The van der Waals surface area contributed by atoms with E-state index in [-0.39, 0.29) is 23.6 Å². The van der Waals surface area contributed by atoms with Crippen molar-refractivity contribution in [3.63, 3.8) is 0 Å². The second kappa shape index (κ2) is 10.2. The summed E-state index contributed by atoms with van der Waals surface area (Å²) in [5.74, 6) is -0.444. The lowest BCUT2D eigenvalue weighted by Crippen LogP contribution is -2.39. The van der Waals surface area contributed by atoms with Crippen molar-refractivity contribution in [3.8, 4) is 5.75 Å². The lowest BCUT2D eigenvalue weighted by atomic mass is 9.95. The smallest absolute Gasteiger partial charge is 0.338 e. The topological polar surface area (TPSA) is 113 Å². The molecule has 2 aromatic carbocycles. The fraction of sp³-hybridized carbons (Fsp3) is 0.240. The fourth-order valence-corrected chi connectivity index (χ4v) is 5.70. The summed E-state index contributed by atoms with van der Waals surface area (Å²) in [6, 6.07) is 9.83. The number of nitro benzene ring substituents is 1. The zero-order valence-electron chi connectivity index (χ0n) is 19.9. The van der Waals surface area contributed by atoms with Crippen LogP contribution in [0.2, 0.25) is 0 Å². The van der Waals surface area contributed by atoms with Crippen LogP contribution < -0.4 is 19.6 Å². The van der Waals surface area contributed by atoms with Crippen LogP contribution >= 0.6 is 27.3 Å². The van der Waals surface area contributed by atoms with E-state index < -0.39 is 16.9 Å². The van der Waals surface area contributed by atoms with E-state index in [9.17, 15) is 19.7 Å². The van der Waals surface area contributed by atoms with Crippen LogP contribution in [-0.4, -0.2) is 29.2 Å². The molecule has 2 heterocycles. The average Bonchev–Trinajstić information content (AvgIpc) is 3.12. The molecule has 9 nitrogen and oxygen atoms in total. The number of aryl methyl sites for hydroxylation is 1. The maximum absolute atomic E-state index is 13.7. The van der Waals surface area contributed by atoms with Gasteiger partial charge in [0.15, 0.2) is 4.80 Å². The molecular formula is C25H22BrN3O6S. The van der Waals surface area contributed by atoms with Gasteiger partial charge in [-0.25, -0.2) is 9.79 Å². The minimum atomic E-state index is -0.722. The lowest BCUT2D eigenvalue weighted by Gasteiger charge is -2.24. The number of hydrogen-bond acceptors (Lipinski definition) is 8. The Morgan fingerprint density at radius 2 is 1.97 bits per heavy atom. The number of carbonyl (C=O) groups is 1. The summed E-state index contributed by atoms with van der Waals surface area (Å²) in [4.78, 5) is 42.6. The molecule has 1 aliphatic heterocycles. The number of nitro groups is 1. The summed E-state index contributed by atoms with van der Waals surface area (Å²) in [5.41, 5.74) is 2.38. The summed E-state index contributed by atoms with van der Waals surface area (Å²) in [6.45, 7) is 5.57. The van der Waals surface area contributed by atoms with E-state index in [1.165, 1.54) is 17.7 Å². The minimum absolute atomic E-state index is 0.0904. The molecule has 0 amide bonds. The second-order valence-corrected chi connectivity index (χ2v) is 9.89. The number of allylic oxidation sites excluding steroid dienone is 1. The first-order valence-electron chi connectivity index (χ1n) is 10.9. The molecule has 1 aromatic heterocycles. The molecule has 0 N–H and O–H groups in total. The third-order valence-electron chi connectivity index (χ3n) is 5.66.